The molecule has 1 aliphatic rings. The number of hydrazone groups is 1. The molecule has 0 unspecified atom stereocenters. The fraction of sp³-hybridized carbons (Fsp3) is 0. The first-order valence-electron chi connectivity index (χ1n) is 7.35. The highest BCUT2D eigenvalue weighted by Gasteiger charge is 2.24. The van der Waals surface area contributed by atoms with Crippen molar-refractivity contribution in [3.63, 3.8) is 0 Å². The van der Waals surface area contributed by atoms with Gasteiger partial charge in [0.25, 0.3) is 5.84 Å². The first-order chi connectivity index (χ1) is 10.9. The van der Waals surface area contributed by atoms with Crippen LogP contribution < -0.4 is 10.3 Å². The van der Waals surface area contributed by atoms with E-state index in [-0.39, 0.29) is 0 Å². The molecule has 0 aliphatic carbocycles. The summed E-state index contributed by atoms with van der Waals surface area (Å²) in [5.41, 5.74) is 4.48. The zero-order valence-electron chi connectivity index (χ0n) is 12.1. The Bertz CT molecular complexity index is 810. The summed E-state index contributed by atoms with van der Waals surface area (Å²) in [6, 6.07) is 28.9. The number of nitrogens with two attached hydrogens (primary N) is 1. The summed E-state index contributed by atoms with van der Waals surface area (Å²) in [5.74, 6) is 0.975. The van der Waals surface area contributed by atoms with Crippen LogP contribution in [0.25, 0.3) is 0 Å². The molecule has 3 aromatic carbocycles. The normalized spacial score (nSPS) is 13.5. The van der Waals surface area contributed by atoms with Gasteiger partial charge in [-0.15, -0.1) is 5.10 Å². The molecule has 3 nitrogen and oxygen atoms in total. The third-order valence-corrected chi connectivity index (χ3v) is 3.74. The van der Waals surface area contributed by atoms with E-state index in [1.165, 1.54) is 5.69 Å². The van der Waals surface area contributed by atoms with Gasteiger partial charge in [-0.1, -0.05) is 48.5 Å². The van der Waals surface area contributed by atoms with Gasteiger partial charge in [0, 0.05) is 6.07 Å². The number of amidine groups is 1. The molecule has 0 bridgehead atoms. The van der Waals surface area contributed by atoms with Crippen molar-refractivity contribution >= 4 is 22.9 Å². The van der Waals surface area contributed by atoms with Crippen molar-refractivity contribution < 1.29 is 5.32 Å². The molecule has 0 atom stereocenters. The summed E-state index contributed by atoms with van der Waals surface area (Å²) in [6.45, 7) is 0. The Kier molecular flexibility index (Phi) is 3.18. The Hall–Kier alpha value is -2.91. The predicted molar refractivity (Wildman–Crippen MR) is 89.6 cm³/mol. The molecule has 0 aromatic heterocycles. The largest absolute Gasteiger partial charge is 0.261 e. The lowest BCUT2D eigenvalue weighted by molar-refractivity contribution is -0.443. The molecular weight excluding hydrogens is 270 g/mol. The highest BCUT2D eigenvalue weighted by atomic mass is 15.5. The summed E-state index contributed by atoms with van der Waals surface area (Å²) in [5, 5.41) is 9.01. The average Bonchev–Trinajstić information content (AvgIpc) is 2.62. The molecule has 2 N–H and O–H groups in total. The lowest BCUT2D eigenvalue weighted by Gasteiger charge is -2.25. The van der Waals surface area contributed by atoms with E-state index in [1.54, 1.807) is 0 Å². The first kappa shape index (κ1) is 12.8. The number of fused-ring (bicyclic) bond motifs is 1. The second kappa shape index (κ2) is 5.47. The van der Waals surface area contributed by atoms with Gasteiger partial charge in [0.15, 0.2) is 5.69 Å². The molecule has 0 fully saturated rings. The van der Waals surface area contributed by atoms with Gasteiger partial charge in [0.05, 0.1) is 11.3 Å². The first-order valence-corrected chi connectivity index (χ1v) is 7.35. The molecule has 0 amide bonds. The van der Waals surface area contributed by atoms with Gasteiger partial charge in [-0.05, 0) is 30.3 Å². The fourth-order valence-corrected chi connectivity index (χ4v) is 2.66. The van der Waals surface area contributed by atoms with E-state index in [9.17, 15) is 0 Å². The minimum Gasteiger partial charge on any atom is -0.261 e. The van der Waals surface area contributed by atoms with Crippen molar-refractivity contribution in [1.82, 2.24) is 0 Å². The summed E-state index contributed by atoms with van der Waals surface area (Å²) in [7, 11) is 0. The van der Waals surface area contributed by atoms with E-state index in [4.69, 9.17) is 5.10 Å². The van der Waals surface area contributed by atoms with Crippen LogP contribution in [0.5, 0.6) is 0 Å². The number of rotatable bonds is 2. The van der Waals surface area contributed by atoms with E-state index in [0.717, 1.165) is 22.8 Å². The molecule has 1 aliphatic heterocycles. The molecule has 1 heterocycles. The van der Waals surface area contributed by atoms with E-state index < -0.39 is 0 Å². The number of anilines is 2. The van der Waals surface area contributed by atoms with Crippen LogP contribution in [0.15, 0.2) is 90.0 Å². The Morgan fingerprint density at radius 1 is 0.682 bits per heavy atom. The number of para-hydroxylation sites is 3. The Labute approximate surface area is 129 Å². The van der Waals surface area contributed by atoms with E-state index in [2.05, 4.69) is 47.8 Å². The second-order valence-corrected chi connectivity index (χ2v) is 5.20. The fourth-order valence-electron chi connectivity index (χ4n) is 2.66. The molecule has 0 spiro atoms. The van der Waals surface area contributed by atoms with Gasteiger partial charge in [0.1, 0.15) is 5.69 Å². The van der Waals surface area contributed by atoms with Crippen LogP contribution >= 0.6 is 0 Å². The quantitative estimate of drug-likeness (QED) is 0.719. The van der Waals surface area contributed by atoms with Crippen molar-refractivity contribution in [2.45, 2.75) is 0 Å². The van der Waals surface area contributed by atoms with Crippen LogP contribution in [-0.4, -0.2) is 5.84 Å². The Balaban J connectivity index is 1.85. The molecule has 106 valence electrons. The van der Waals surface area contributed by atoms with Gasteiger partial charge in [-0.25, -0.2) is 5.01 Å². The zero-order chi connectivity index (χ0) is 14.8. The van der Waals surface area contributed by atoms with Crippen LogP contribution in [0.1, 0.15) is 5.56 Å². The maximum Gasteiger partial charge on any atom is 0.254 e. The molecular formula is C19H16N3+. The maximum absolute atomic E-state index is 4.86. The van der Waals surface area contributed by atoms with Crippen molar-refractivity contribution in [2.24, 2.45) is 5.10 Å². The molecule has 0 saturated carbocycles. The third-order valence-electron chi connectivity index (χ3n) is 3.74. The zero-order valence-corrected chi connectivity index (χ0v) is 12.1. The van der Waals surface area contributed by atoms with Crippen molar-refractivity contribution in [3.8, 4) is 0 Å². The van der Waals surface area contributed by atoms with E-state index >= 15 is 0 Å². The standard InChI is InChI=1S/C19H15N3/c1-3-9-15(10-4-1)19-20-17-13-7-8-14-18(17)22(21-19)16-11-5-2-6-12-16/h1-14H,(H,20,21)/p+1. The average molecular weight is 286 g/mol. The van der Waals surface area contributed by atoms with Gasteiger partial charge >= 0.3 is 0 Å². The van der Waals surface area contributed by atoms with Crippen LogP contribution in [0.3, 0.4) is 0 Å². The highest BCUT2D eigenvalue weighted by Crippen LogP contribution is 2.31. The van der Waals surface area contributed by atoms with Crippen LogP contribution in [0.2, 0.25) is 0 Å². The lowest BCUT2D eigenvalue weighted by Crippen LogP contribution is -2.84. The number of hydrogen-bond donors (Lipinski definition) is 1. The van der Waals surface area contributed by atoms with Crippen molar-refractivity contribution in [1.29, 1.82) is 0 Å². The number of nitrogens with zero attached hydrogens (tertiary/aromatic N) is 2. The minimum absolute atomic E-state index is 0.975. The van der Waals surface area contributed by atoms with E-state index in [0.29, 0.717) is 0 Å². The van der Waals surface area contributed by atoms with E-state index in [1.807, 2.05) is 47.5 Å². The summed E-state index contributed by atoms with van der Waals surface area (Å²) in [4.78, 5) is 0. The third kappa shape index (κ3) is 2.28. The SMILES string of the molecule is c1ccc(C2=NN(c3ccccc3)c3ccccc3[NH2+]2)cc1. The summed E-state index contributed by atoms with van der Waals surface area (Å²) in [6.07, 6.45) is 0. The topological polar surface area (TPSA) is 32.2 Å². The Morgan fingerprint density at radius 3 is 2.09 bits per heavy atom. The Morgan fingerprint density at radius 2 is 1.32 bits per heavy atom. The highest BCUT2D eigenvalue weighted by molar-refractivity contribution is 5.96. The van der Waals surface area contributed by atoms with Crippen LogP contribution in [0.4, 0.5) is 17.1 Å². The molecule has 0 radical (unpaired) electrons. The molecule has 0 saturated heterocycles. The summed E-state index contributed by atoms with van der Waals surface area (Å²) < 4.78 is 0. The number of quaternary nitrogens is 1. The number of benzene rings is 3. The maximum atomic E-state index is 4.86. The molecule has 22 heavy (non-hydrogen) atoms. The van der Waals surface area contributed by atoms with Gasteiger partial charge in [-0.3, -0.25) is 5.32 Å². The molecule has 3 aromatic rings. The monoisotopic (exact) mass is 286 g/mol. The molecule has 3 heteroatoms. The molecule has 4 rings (SSSR count). The van der Waals surface area contributed by atoms with Crippen molar-refractivity contribution in [3.05, 3.63) is 90.5 Å². The lowest BCUT2D eigenvalue weighted by atomic mass is 10.1. The van der Waals surface area contributed by atoms with Gasteiger partial charge < -0.3 is 0 Å². The van der Waals surface area contributed by atoms with Gasteiger partial charge in [0.2, 0.25) is 0 Å². The number of hydrogen-bond acceptors (Lipinski definition) is 2. The summed E-state index contributed by atoms with van der Waals surface area (Å²) >= 11 is 0. The van der Waals surface area contributed by atoms with Crippen molar-refractivity contribution in [2.75, 3.05) is 5.01 Å². The van der Waals surface area contributed by atoms with Gasteiger partial charge in [-0.2, -0.15) is 0 Å². The predicted octanol–water partition coefficient (Wildman–Crippen LogP) is 3.40. The minimum atomic E-state index is 0.975. The van der Waals surface area contributed by atoms with Crippen LogP contribution in [0, 0.1) is 0 Å². The smallest absolute Gasteiger partial charge is 0.254 e. The van der Waals surface area contributed by atoms with Crippen LogP contribution in [-0.2, 0) is 0 Å². The second-order valence-electron chi connectivity index (χ2n) is 5.20.